The fourth-order valence-electron chi connectivity index (χ4n) is 4.34. The molecule has 0 aliphatic rings. The number of benzene rings is 2. The van der Waals surface area contributed by atoms with E-state index >= 15 is 0 Å². The minimum absolute atomic E-state index is 0.978. The number of rotatable bonds is 14. The highest BCUT2D eigenvalue weighted by Gasteiger charge is 2.12. The number of nitrogens with zero attached hydrogens (tertiary/aromatic N) is 2. The van der Waals surface area contributed by atoms with Gasteiger partial charge in [0.25, 0.3) is 0 Å². The number of anilines is 2. The van der Waals surface area contributed by atoms with E-state index in [4.69, 9.17) is 0 Å². The Balaban J connectivity index is 2.55. The Morgan fingerprint density at radius 2 is 1.00 bits per heavy atom. The summed E-state index contributed by atoms with van der Waals surface area (Å²) in [7, 11) is 0. The van der Waals surface area contributed by atoms with E-state index in [1.54, 1.807) is 6.08 Å². The van der Waals surface area contributed by atoms with Gasteiger partial charge in [-0.15, -0.1) is 0 Å². The van der Waals surface area contributed by atoms with E-state index in [0.717, 1.165) is 45.3 Å². The summed E-state index contributed by atoms with van der Waals surface area (Å²) < 4.78 is 0. The zero-order valence-corrected chi connectivity index (χ0v) is 25.3. The minimum Gasteiger partial charge on any atom is -0.315 e. The van der Waals surface area contributed by atoms with Gasteiger partial charge in [-0.05, 0) is 94.3 Å². The van der Waals surface area contributed by atoms with Gasteiger partial charge >= 0.3 is 0 Å². The first-order valence-corrected chi connectivity index (χ1v) is 13.9. The molecular weight excluding hydrogens is 496 g/mol. The molecule has 0 N–H and O–H groups in total. The van der Waals surface area contributed by atoms with Crippen molar-refractivity contribution in [2.24, 2.45) is 0 Å². The molecular formula is C39H44N2. The van der Waals surface area contributed by atoms with Crippen LogP contribution in [0.2, 0.25) is 0 Å². The molecule has 0 atom stereocenters. The lowest BCUT2D eigenvalue weighted by molar-refractivity contribution is 1.09. The highest BCUT2D eigenvalue weighted by molar-refractivity contribution is 5.62. The first-order valence-electron chi connectivity index (χ1n) is 13.9. The highest BCUT2D eigenvalue weighted by atomic mass is 15.2. The fraction of sp³-hybridized carbons (Fsp3) is 0.128. The van der Waals surface area contributed by atoms with Gasteiger partial charge in [0, 0.05) is 34.2 Å². The van der Waals surface area contributed by atoms with E-state index < -0.39 is 0 Å². The average Bonchev–Trinajstić information content (AvgIpc) is 3.01. The van der Waals surface area contributed by atoms with E-state index in [-0.39, 0.29) is 0 Å². The Morgan fingerprint density at radius 3 is 1.34 bits per heavy atom. The van der Waals surface area contributed by atoms with Crippen molar-refractivity contribution < 1.29 is 0 Å². The Morgan fingerprint density at radius 1 is 0.585 bits per heavy atom. The summed E-state index contributed by atoms with van der Waals surface area (Å²) in [5, 5.41) is 0. The molecule has 0 aromatic heterocycles. The predicted octanol–water partition coefficient (Wildman–Crippen LogP) is 11.2. The van der Waals surface area contributed by atoms with Crippen molar-refractivity contribution >= 4 is 11.4 Å². The molecule has 0 aliphatic carbocycles. The van der Waals surface area contributed by atoms with Crippen LogP contribution < -0.4 is 9.80 Å². The van der Waals surface area contributed by atoms with Crippen molar-refractivity contribution in [3.63, 3.8) is 0 Å². The molecule has 2 rings (SSSR count). The molecule has 2 aromatic rings. The lowest BCUT2D eigenvalue weighted by Crippen LogP contribution is -2.19. The summed E-state index contributed by atoms with van der Waals surface area (Å²) in [6.45, 7) is 22.4. The van der Waals surface area contributed by atoms with Crippen molar-refractivity contribution in [2.45, 2.75) is 34.6 Å². The maximum atomic E-state index is 4.10. The van der Waals surface area contributed by atoms with Gasteiger partial charge in [0.15, 0.2) is 0 Å². The molecule has 0 saturated heterocycles. The normalized spacial score (nSPS) is 14.0. The van der Waals surface area contributed by atoms with Gasteiger partial charge in [-0.2, -0.15) is 0 Å². The number of allylic oxidation sites excluding steroid dienone is 17. The molecule has 0 amide bonds. The molecule has 0 unspecified atom stereocenters. The monoisotopic (exact) mass is 540 g/mol. The van der Waals surface area contributed by atoms with Crippen LogP contribution in [0.3, 0.4) is 0 Å². The van der Waals surface area contributed by atoms with Gasteiger partial charge in [-0.3, -0.25) is 0 Å². The largest absolute Gasteiger partial charge is 0.315 e. The molecule has 0 saturated carbocycles. The second-order valence-corrected chi connectivity index (χ2v) is 9.13. The van der Waals surface area contributed by atoms with Gasteiger partial charge in [0.1, 0.15) is 0 Å². The third kappa shape index (κ3) is 9.40. The Bertz CT molecular complexity index is 1400. The molecule has 2 aromatic carbocycles. The van der Waals surface area contributed by atoms with E-state index in [1.165, 1.54) is 0 Å². The third-order valence-corrected chi connectivity index (χ3v) is 6.36. The zero-order valence-electron chi connectivity index (χ0n) is 25.3. The molecule has 41 heavy (non-hydrogen) atoms. The highest BCUT2D eigenvalue weighted by Crippen LogP contribution is 2.27. The molecule has 2 heteroatoms. The zero-order chi connectivity index (χ0) is 30.0. The van der Waals surface area contributed by atoms with Crippen molar-refractivity contribution in [1.29, 1.82) is 0 Å². The summed E-state index contributed by atoms with van der Waals surface area (Å²) in [6.07, 6.45) is 26.3. The number of para-hydroxylation sites is 2. The average molecular weight is 541 g/mol. The van der Waals surface area contributed by atoms with E-state index in [2.05, 4.69) is 141 Å². The van der Waals surface area contributed by atoms with Crippen molar-refractivity contribution in [1.82, 2.24) is 0 Å². The van der Waals surface area contributed by atoms with Crippen molar-refractivity contribution in [2.75, 3.05) is 9.80 Å². The molecule has 0 heterocycles. The van der Waals surface area contributed by atoms with Gasteiger partial charge < -0.3 is 9.80 Å². The molecule has 0 spiro atoms. The summed E-state index contributed by atoms with van der Waals surface area (Å²) >= 11 is 0. The lowest BCUT2D eigenvalue weighted by Gasteiger charge is -2.27. The van der Waals surface area contributed by atoms with E-state index in [1.807, 2.05) is 56.3 Å². The van der Waals surface area contributed by atoms with Crippen LogP contribution in [0.1, 0.15) is 34.6 Å². The smallest absolute Gasteiger partial charge is 0.0458 e. The SMILES string of the molecule is C=C/C=C\C(=C/C)N(/C(C)=C/C=C(C=C)/C(C=C)=C/C=C(\C)N(C(/C=C\C)=C/C)c1ccccc1)c1ccccc1. The van der Waals surface area contributed by atoms with Crippen molar-refractivity contribution in [3.8, 4) is 0 Å². The number of hydrogen-bond acceptors (Lipinski definition) is 2. The lowest BCUT2D eigenvalue weighted by atomic mass is 10.0. The van der Waals surface area contributed by atoms with Gasteiger partial charge in [-0.25, -0.2) is 0 Å². The fourth-order valence-corrected chi connectivity index (χ4v) is 4.34. The number of hydrogen-bond donors (Lipinski definition) is 0. The minimum atomic E-state index is 0.978. The van der Waals surface area contributed by atoms with Crippen LogP contribution in [0, 0.1) is 0 Å². The molecule has 0 aliphatic heterocycles. The molecule has 210 valence electrons. The van der Waals surface area contributed by atoms with Gasteiger partial charge in [-0.1, -0.05) is 111 Å². The first kappa shape index (κ1) is 32.4. The van der Waals surface area contributed by atoms with Crippen molar-refractivity contribution in [3.05, 3.63) is 193 Å². The first-order chi connectivity index (χ1) is 19.9. The summed E-state index contributed by atoms with van der Waals surface area (Å²) in [5.41, 5.74) is 8.44. The molecule has 0 radical (unpaired) electrons. The van der Waals surface area contributed by atoms with Crippen LogP contribution in [0.5, 0.6) is 0 Å². The summed E-state index contributed by atoms with van der Waals surface area (Å²) in [4.78, 5) is 4.46. The topological polar surface area (TPSA) is 6.48 Å². The quantitative estimate of drug-likeness (QED) is 0.220. The van der Waals surface area contributed by atoms with Gasteiger partial charge in [0.2, 0.25) is 0 Å². The van der Waals surface area contributed by atoms with Crippen LogP contribution in [-0.2, 0) is 0 Å². The maximum absolute atomic E-state index is 4.10. The standard InChI is InChI=1S/C39H44N2/c1-9-15-23-37(14-6)41(39-26-20-17-21-27-39)33(8)29-31-35(12-4)34(11-3)30-28-32(7)40(36(13-5)22-10-2)38-24-18-16-19-25-38/h9-31H,1,3-4H2,2,5-8H3/b22-10-,23-15-,32-28+,33-29+,34-30+,35-31+,36-13+,37-14+. The van der Waals surface area contributed by atoms with E-state index in [0.29, 0.717) is 0 Å². The Kier molecular flexibility index (Phi) is 14.0. The second kappa shape index (κ2) is 17.7. The van der Waals surface area contributed by atoms with Crippen LogP contribution in [0.4, 0.5) is 11.4 Å². The van der Waals surface area contributed by atoms with Crippen LogP contribution in [-0.4, -0.2) is 0 Å². The molecule has 0 fully saturated rings. The Hall–Kier alpha value is -4.82. The molecule has 0 bridgehead atoms. The van der Waals surface area contributed by atoms with Crippen LogP contribution >= 0.6 is 0 Å². The van der Waals surface area contributed by atoms with E-state index in [9.17, 15) is 0 Å². The van der Waals surface area contributed by atoms with Gasteiger partial charge in [0.05, 0.1) is 0 Å². The van der Waals surface area contributed by atoms with Crippen LogP contribution in [0.15, 0.2) is 193 Å². The maximum Gasteiger partial charge on any atom is 0.0458 e. The molecule has 2 nitrogen and oxygen atoms in total. The Labute approximate surface area is 248 Å². The second-order valence-electron chi connectivity index (χ2n) is 9.13. The van der Waals surface area contributed by atoms with Crippen LogP contribution in [0.25, 0.3) is 0 Å². The third-order valence-electron chi connectivity index (χ3n) is 6.36. The summed E-state index contributed by atoms with van der Waals surface area (Å²) in [5.74, 6) is 0. The summed E-state index contributed by atoms with van der Waals surface area (Å²) in [6, 6.07) is 20.7. The predicted molar refractivity (Wildman–Crippen MR) is 184 cm³/mol.